The Kier molecular flexibility index (Phi) is 40.1. The van der Waals surface area contributed by atoms with Gasteiger partial charge >= 0.3 is 7.82 Å². The lowest BCUT2D eigenvalue weighted by atomic mass is 10.4. The zero-order valence-electron chi connectivity index (χ0n) is 20.3. The van der Waals surface area contributed by atoms with Crippen molar-refractivity contribution in [1.29, 1.82) is 0 Å². The zero-order valence-corrected chi connectivity index (χ0v) is 21.2. The Balaban J connectivity index is -0.000000188. The van der Waals surface area contributed by atoms with Crippen molar-refractivity contribution < 1.29 is 65.2 Å². The maximum atomic E-state index is 8.88. The molecule has 0 unspecified atom stereocenters. The largest absolute Gasteiger partial charge is 0.466 e. The van der Waals surface area contributed by atoms with E-state index < -0.39 is 7.82 Å². The van der Waals surface area contributed by atoms with Crippen molar-refractivity contribution >= 4 is 7.82 Å². The van der Waals surface area contributed by atoms with Crippen molar-refractivity contribution in [3.63, 3.8) is 0 Å². The summed E-state index contributed by atoms with van der Waals surface area (Å²) in [6.07, 6.45) is 0. The Labute approximate surface area is 206 Å². The fourth-order valence-electron chi connectivity index (χ4n) is 2.28. The Morgan fingerprint density at radius 1 is 0.343 bits per heavy atom. The van der Waals surface area contributed by atoms with Gasteiger partial charge in [-0.05, 0) is 0 Å². The van der Waals surface area contributed by atoms with Gasteiger partial charge in [0.15, 0.2) is 0 Å². The topological polar surface area (TPSA) is 270 Å². The molecular formula is C18H48N3O13P. The Hall–Kier alpha value is -0.370. The van der Waals surface area contributed by atoms with E-state index in [9.17, 15) is 0 Å². The quantitative estimate of drug-likeness (QED) is 0.0714. The van der Waals surface area contributed by atoms with Gasteiger partial charge < -0.3 is 60.6 Å². The van der Waals surface area contributed by atoms with Crippen molar-refractivity contribution in [1.82, 2.24) is 14.7 Å². The van der Waals surface area contributed by atoms with E-state index in [0.717, 1.165) is 0 Å². The van der Waals surface area contributed by atoms with Gasteiger partial charge in [-0.15, -0.1) is 0 Å². The molecule has 0 radical (unpaired) electrons. The smallest absolute Gasteiger partial charge is 0.395 e. The summed E-state index contributed by atoms with van der Waals surface area (Å²) >= 11 is 0. The number of phosphoric acid groups is 1. The van der Waals surface area contributed by atoms with Crippen LogP contribution in [-0.2, 0) is 4.57 Å². The number of aliphatic hydroxyl groups excluding tert-OH is 9. The average Bonchev–Trinajstić information content (AvgIpc) is 2.75. The van der Waals surface area contributed by atoms with Crippen LogP contribution in [0.3, 0.4) is 0 Å². The zero-order chi connectivity index (χ0) is 28.0. The predicted octanol–water partition coefficient (Wildman–Crippen LogP) is -6.13. The van der Waals surface area contributed by atoms with Crippen LogP contribution in [-0.4, -0.2) is 194 Å². The summed E-state index contributed by atoms with van der Waals surface area (Å²) in [6.45, 7) is 5.26. The molecule has 0 aliphatic rings. The van der Waals surface area contributed by atoms with E-state index >= 15 is 0 Å². The molecule has 16 nitrogen and oxygen atoms in total. The van der Waals surface area contributed by atoms with Gasteiger partial charge in [0.1, 0.15) is 0 Å². The summed E-state index contributed by atoms with van der Waals surface area (Å²) in [7, 11) is -4.64. The van der Waals surface area contributed by atoms with Gasteiger partial charge in [0, 0.05) is 58.9 Å². The summed E-state index contributed by atoms with van der Waals surface area (Å²) < 4.78 is 8.88. The van der Waals surface area contributed by atoms with E-state index in [-0.39, 0.29) is 59.5 Å². The molecule has 0 saturated heterocycles. The van der Waals surface area contributed by atoms with Crippen molar-refractivity contribution in [2.75, 3.05) is 118 Å². The molecule has 0 aromatic carbocycles. The highest BCUT2D eigenvalue weighted by Crippen LogP contribution is 2.25. The molecular weight excluding hydrogens is 497 g/mol. The maximum absolute atomic E-state index is 8.88. The fourth-order valence-corrected chi connectivity index (χ4v) is 2.28. The van der Waals surface area contributed by atoms with E-state index in [1.807, 2.05) is 0 Å². The Morgan fingerprint density at radius 3 is 0.486 bits per heavy atom. The standard InChI is InChI=1S/3C6H15NO3.H3O4P/c3*8-4-1-7(2-5-9)3-6-10;1-5(2,3)4/h3*8-10H,1-6H2;(H3,1,2,3,4). The molecule has 0 aromatic rings. The summed E-state index contributed by atoms with van der Waals surface area (Å²) in [5, 5.41) is 76.4. The highest BCUT2D eigenvalue weighted by molar-refractivity contribution is 7.45. The van der Waals surface area contributed by atoms with Crippen LogP contribution in [0.1, 0.15) is 0 Å². The van der Waals surface area contributed by atoms with E-state index in [1.54, 1.807) is 14.7 Å². The van der Waals surface area contributed by atoms with E-state index in [0.29, 0.717) is 58.9 Å². The van der Waals surface area contributed by atoms with Crippen LogP contribution in [0.25, 0.3) is 0 Å². The second kappa shape index (κ2) is 33.6. The van der Waals surface area contributed by atoms with Crippen LogP contribution in [0.2, 0.25) is 0 Å². The molecule has 12 N–H and O–H groups in total. The molecule has 0 spiro atoms. The SMILES string of the molecule is O=P(O)(O)O.OCCN(CCO)CCO.OCCN(CCO)CCO.OCCN(CCO)CCO. The van der Waals surface area contributed by atoms with Crippen molar-refractivity contribution in [3.8, 4) is 0 Å². The molecule has 0 amide bonds. The third-order valence-electron chi connectivity index (χ3n) is 3.75. The molecule has 0 heterocycles. The number of rotatable bonds is 18. The molecule has 0 fully saturated rings. The van der Waals surface area contributed by atoms with Gasteiger partial charge in [0.2, 0.25) is 0 Å². The highest BCUT2D eigenvalue weighted by Gasteiger charge is 2.02. The molecule has 0 aliphatic carbocycles. The predicted molar refractivity (Wildman–Crippen MR) is 127 cm³/mol. The Bertz CT molecular complexity index is 331. The first-order valence-electron chi connectivity index (χ1n) is 11.0. The molecule has 0 bridgehead atoms. The molecule has 35 heavy (non-hydrogen) atoms. The van der Waals surface area contributed by atoms with Gasteiger partial charge in [0.05, 0.1) is 59.5 Å². The molecule has 218 valence electrons. The average molecular weight is 546 g/mol. The molecule has 0 saturated carbocycles. The summed E-state index contributed by atoms with van der Waals surface area (Å²) in [5.74, 6) is 0. The Morgan fingerprint density at radius 2 is 0.429 bits per heavy atom. The van der Waals surface area contributed by atoms with Crippen LogP contribution in [0.15, 0.2) is 0 Å². The normalized spacial score (nSPS) is 10.9. The first-order chi connectivity index (χ1) is 16.5. The monoisotopic (exact) mass is 545 g/mol. The number of aliphatic hydroxyl groups is 9. The molecule has 0 aliphatic heterocycles. The van der Waals surface area contributed by atoms with Crippen LogP contribution in [0, 0.1) is 0 Å². The van der Waals surface area contributed by atoms with Crippen LogP contribution in [0.4, 0.5) is 0 Å². The number of hydrogen-bond acceptors (Lipinski definition) is 13. The summed E-state index contributed by atoms with van der Waals surface area (Å²) in [6, 6.07) is 0. The van der Waals surface area contributed by atoms with Gasteiger partial charge in [0.25, 0.3) is 0 Å². The van der Waals surface area contributed by atoms with Crippen LogP contribution in [0.5, 0.6) is 0 Å². The number of hydrogen-bond donors (Lipinski definition) is 12. The maximum Gasteiger partial charge on any atom is 0.466 e. The van der Waals surface area contributed by atoms with Crippen molar-refractivity contribution in [2.45, 2.75) is 0 Å². The third kappa shape index (κ3) is 47.4. The lowest BCUT2D eigenvalue weighted by Crippen LogP contribution is -2.32. The molecule has 17 heteroatoms. The summed E-state index contributed by atoms with van der Waals surface area (Å²) in [4.78, 5) is 26.9. The fraction of sp³-hybridized carbons (Fsp3) is 1.00. The van der Waals surface area contributed by atoms with Crippen molar-refractivity contribution in [2.24, 2.45) is 0 Å². The molecule has 0 rings (SSSR count). The van der Waals surface area contributed by atoms with E-state index in [1.165, 1.54) is 0 Å². The summed E-state index contributed by atoms with van der Waals surface area (Å²) in [5.41, 5.74) is 0. The highest BCUT2D eigenvalue weighted by atomic mass is 31.2. The van der Waals surface area contributed by atoms with Gasteiger partial charge in [-0.25, -0.2) is 4.57 Å². The first kappa shape index (κ1) is 41.7. The minimum atomic E-state index is -4.64. The molecule has 0 atom stereocenters. The van der Waals surface area contributed by atoms with Crippen molar-refractivity contribution in [3.05, 3.63) is 0 Å². The minimum Gasteiger partial charge on any atom is -0.395 e. The molecule has 0 aromatic heterocycles. The van der Waals surface area contributed by atoms with Gasteiger partial charge in [-0.3, -0.25) is 14.7 Å². The lowest BCUT2D eigenvalue weighted by molar-refractivity contribution is 0.136. The number of nitrogens with zero attached hydrogens (tertiary/aromatic N) is 3. The van der Waals surface area contributed by atoms with Gasteiger partial charge in [-0.2, -0.15) is 0 Å². The van der Waals surface area contributed by atoms with Gasteiger partial charge in [-0.1, -0.05) is 0 Å². The second-order valence-corrected chi connectivity index (χ2v) is 7.58. The van der Waals surface area contributed by atoms with Crippen LogP contribution >= 0.6 is 7.82 Å². The van der Waals surface area contributed by atoms with E-state index in [2.05, 4.69) is 0 Å². The first-order valence-corrected chi connectivity index (χ1v) is 12.5. The lowest BCUT2D eigenvalue weighted by Gasteiger charge is -2.17. The second-order valence-electron chi connectivity index (χ2n) is 6.55. The minimum absolute atomic E-state index is 0.0694. The van der Waals surface area contributed by atoms with E-state index in [4.69, 9.17) is 65.2 Å². The van der Waals surface area contributed by atoms with Crippen LogP contribution < -0.4 is 0 Å². The third-order valence-corrected chi connectivity index (χ3v) is 3.75.